The number of benzene rings is 1. The van der Waals surface area contributed by atoms with Gasteiger partial charge in [0, 0.05) is 32.1 Å². The summed E-state index contributed by atoms with van der Waals surface area (Å²) in [5.41, 5.74) is 0.507. The van der Waals surface area contributed by atoms with Gasteiger partial charge in [-0.3, -0.25) is 14.2 Å². The van der Waals surface area contributed by atoms with Crippen LogP contribution in [-0.4, -0.2) is 51.7 Å². The zero-order valence-corrected chi connectivity index (χ0v) is 17.6. The van der Waals surface area contributed by atoms with E-state index in [0.717, 1.165) is 18.9 Å². The van der Waals surface area contributed by atoms with Crippen molar-refractivity contribution >= 4 is 22.6 Å². The van der Waals surface area contributed by atoms with E-state index >= 15 is 0 Å². The van der Waals surface area contributed by atoms with E-state index in [4.69, 9.17) is 4.74 Å². The summed E-state index contributed by atoms with van der Waals surface area (Å²) in [6, 6.07) is 9.02. The molecule has 1 N–H and O–H groups in total. The van der Waals surface area contributed by atoms with E-state index in [1.54, 1.807) is 18.2 Å². The molecule has 0 aliphatic carbocycles. The second-order valence-electron chi connectivity index (χ2n) is 7.51. The fraction of sp³-hybridized carbons (Fsp3) is 0.409. The Morgan fingerprint density at radius 1 is 1.19 bits per heavy atom. The highest BCUT2D eigenvalue weighted by Gasteiger charge is 2.15. The first-order valence-corrected chi connectivity index (χ1v) is 10.5. The highest BCUT2D eigenvalue weighted by molar-refractivity contribution is 5.77. The van der Waals surface area contributed by atoms with E-state index in [1.807, 2.05) is 19.1 Å². The molecule has 1 saturated heterocycles. The average molecular weight is 422 g/mol. The van der Waals surface area contributed by atoms with Crippen LogP contribution in [0, 0.1) is 6.92 Å². The SMILES string of the molecule is Cc1nc(OCCNC(=O)CCn2cnc3ccccc3c2=O)cc(N2CCCC2)n1. The normalized spacial score (nSPS) is 13.5. The Labute approximate surface area is 180 Å². The van der Waals surface area contributed by atoms with Crippen LogP contribution in [0.5, 0.6) is 5.88 Å². The summed E-state index contributed by atoms with van der Waals surface area (Å²) < 4.78 is 7.17. The zero-order valence-electron chi connectivity index (χ0n) is 17.6. The second-order valence-corrected chi connectivity index (χ2v) is 7.51. The lowest BCUT2D eigenvalue weighted by Gasteiger charge is -2.17. The van der Waals surface area contributed by atoms with Gasteiger partial charge in [0.15, 0.2) is 0 Å². The minimum absolute atomic E-state index is 0.144. The summed E-state index contributed by atoms with van der Waals surface area (Å²) >= 11 is 0. The number of carbonyl (C=O) groups excluding carboxylic acids is 1. The lowest BCUT2D eigenvalue weighted by atomic mass is 10.2. The van der Waals surface area contributed by atoms with Crippen molar-refractivity contribution in [1.29, 1.82) is 0 Å². The maximum Gasteiger partial charge on any atom is 0.261 e. The van der Waals surface area contributed by atoms with Crippen LogP contribution in [0.1, 0.15) is 25.1 Å². The molecule has 9 nitrogen and oxygen atoms in total. The number of nitrogens with zero attached hydrogens (tertiary/aromatic N) is 5. The van der Waals surface area contributed by atoms with Gasteiger partial charge in [-0.2, -0.15) is 4.98 Å². The second kappa shape index (κ2) is 9.55. The molecule has 3 aromatic rings. The maximum absolute atomic E-state index is 12.5. The van der Waals surface area contributed by atoms with Crippen molar-refractivity contribution in [3.8, 4) is 5.88 Å². The number of rotatable bonds is 8. The number of aryl methyl sites for hydroxylation is 2. The molecule has 0 bridgehead atoms. The number of ether oxygens (including phenoxy) is 1. The van der Waals surface area contributed by atoms with E-state index < -0.39 is 0 Å². The predicted octanol–water partition coefficient (Wildman–Crippen LogP) is 1.68. The Hall–Kier alpha value is -3.49. The van der Waals surface area contributed by atoms with Crippen LogP contribution in [0.3, 0.4) is 0 Å². The molecule has 1 aromatic carbocycles. The van der Waals surface area contributed by atoms with Crippen LogP contribution >= 0.6 is 0 Å². The van der Waals surface area contributed by atoms with Gasteiger partial charge in [0.1, 0.15) is 18.2 Å². The molecule has 9 heteroatoms. The van der Waals surface area contributed by atoms with E-state index in [9.17, 15) is 9.59 Å². The van der Waals surface area contributed by atoms with Gasteiger partial charge in [0.25, 0.3) is 5.56 Å². The summed E-state index contributed by atoms with van der Waals surface area (Å²) in [5, 5.41) is 3.36. The largest absolute Gasteiger partial charge is 0.476 e. The molecule has 3 heterocycles. The third-order valence-corrected chi connectivity index (χ3v) is 5.22. The van der Waals surface area contributed by atoms with Gasteiger partial charge in [-0.25, -0.2) is 9.97 Å². The molecule has 0 spiro atoms. The summed E-state index contributed by atoms with van der Waals surface area (Å²) in [5.74, 6) is 1.91. The first-order chi connectivity index (χ1) is 15.1. The van der Waals surface area contributed by atoms with Crippen molar-refractivity contribution < 1.29 is 9.53 Å². The van der Waals surface area contributed by atoms with Gasteiger partial charge < -0.3 is 15.0 Å². The molecule has 1 fully saturated rings. The molecule has 31 heavy (non-hydrogen) atoms. The highest BCUT2D eigenvalue weighted by atomic mass is 16.5. The molecule has 4 rings (SSSR count). The van der Waals surface area contributed by atoms with Gasteiger partial charge in [0.2, 0.25) is 11.8 Å². The molecule has 0 atom stereocenters. The Morgan fingerprint density at radius 3 is 2.84 bits per heavy atom. The number of nitrogens with one attached hydrogen (secondary N) is 1. The quantitative estimate of drug-likeness (QED) is 0.551. The number of fused-ring (bicyclic) bond motifs is 1. The van der Waals surface area contributed by atoms with Crippen LogP contribution in [-0.2, 0) is 11.3 Å². The summed E-state index contributed by atoms with van der Waals surface area (Å²) in [4.78, 5) is 39.9. The lowest BCUT2D eigenvalue weighted by Crippen LogP contribution is -2.30. The van der Waals surface area contributed by atoms with Crippen molar-refractivity contribution in [3.05, 3.63) is 52.8 Å². The van der Waals surface area contributed by atoms with Crippen LogP contribution < -0.4 is 20.5 Å². The van der Waals surface area contributed by atoms with Crippen LogP contribution in [0.25, 0.3) is 10.9 Å². The van der Waals surface area contributed by atoms with E-state index in [-0.39, 0.29) is 24.4 Å². The number of amides is 1. The maximum atomic E-state index is 12.5. The minimum atomic E-state index is -0.153. The van der Waals surface area contributed by atoms with Crippen LogP contribution in [0.2, 0.25) is 0 Å². The van der Waals surface area contributed by atoms with Gasteiger partial charge in [-0.1, -0.05) is 12.1 Å². The smallest absolute Gasteiger partial charge is 0.261 e. The number of carbonyl (C=O) groups is 1. The molecule has 0 saturated carbocycles. The lowest BCUT2D eigenvalue weighted by molar-refractivity contribution is -0.121. The van der Waals surface area contributed by atoms with Crippen molar-refractivity contribution in [3.63, 3.8) is 0 Å². The zero-order chi connectivity index (χ0) is 21.6. The first-order valence-electron chi connectivity index (χ1n) is 10.5. The van der Waals surface area contributed by atoms with Crippen molar-refractivity contribution in [1.82, 2.24) is 24.8 Å². The molecule has 1 amide bonds. The number of para-hydroxylation sites is 1. The standard InChI is InChI=1S/C22H26N6O3/c1-16-25-19(27-10-4-5-11-27)14-21(26-16)31-13-9-23-20(29)8-12-28-15-24-18-7-3-2-6-17(18)22(28)30/h2-3,6-7,14-15H,4-5,8-13H2,1H3,(H,23,29). The summed E-state index contributed by atoms with van der Waals surface area (Å²) in [7, 11) is 0. The van der Waals surface area contributed by atoms with E-state index in [0.29, 0.717) is 35.8 Å². The molecular formula is C22H26N6O3. The first kappa shape index (κ1) is 20.8. The Kier molecular flexibility index (Phi) is 6.40. The number of hydrogen-bond acceptors (Lipinski definition) is 7. The number of aromatic nitrogens is 4. The molecule has 2 aromatic heterocycles. The predicted molar refractivity (Wildman–Crippen MR) is 117 cm³/mol. The third kappa shape index (κ3) is 5.17. The fourth-order valence-electron chi connectivity index (χ4n) is 3.63. The fourth-order valence-corrected chi connectivity index (χ4v) is 3.63. The highest BCUT2D eigenvalue weighted by Crippen LogP contribution is 2.21. The van der Waals surface area contributed by atoms with E-state index in [1.165, 1.54) is 23.7 Å². The average Bonchev–Trinajstić information content (AvgIpc) is 3.31. The number of anilines is 1. The van der Waals surface area contributed by atoms with Gasteiger partial charge in [0.05, 0.1) is 23.8 Å². The van der Waals surface area contributed by atoms with Crippen LogP contribution in [0.15, 0.2) is 41.5 Å². The molecular weight excluding hydrogens is 396 g/mol. The molecule has 1 aliphatic heterocycles. The Balaban J connectivity index is 1.24. The van der Waals surface area contributed by atoms with Gasteiger partial charge >= 0.3 is 0 Å². The molecule has 0 radical (unpaired) electrons. The summed E-state index contributed by atoms with van der Waals surface area (Å²) in [6.07, 6.45) is 4.02. The van der Waals surface area contributed by atoms with Crippen LogP contribution in [0.4, 0.5) is 5.82 Å². The van der Waals surface area contributed by atoms with Gasteiger partial charge in [-0.15, -0.1) is 0 Å². The third-order valence-electron chi connectivity index (χ3n) is 5.22. The van der Waals surface area contributed by atoms with Gasteiger partial charge in [-0.05, 0) is 31.9 Å². The Bertz CT molecular complexity index is 1120. The summed E-state index contributed by atoms with van der Waals surface area (Å²) in [6.45, 7) is 4.78. The van der Waals surface area contributed by atoms with E-state index in [2.05, 4.69) is 25.2 Å². The Morgan fingerprint density at radius 2 is 2.00 bits per heavy atom. The van der Waals surface area contributed by atoms with Crippen molar-refractivity contribution in [2.24, 2.45) is 0 Å². The monoisotopic (exact) mass is 422 g/mol. The topological polar surface area (TPSA) is 102 Å². The number of hydrogen-bond donors (Lipinski definition) is 1. The van der Waals surface area contributed by atoms with Crippen molar-refractivity contribution in [2.45, 2.75) is 32.7 Å². The molecule has 1 aliphatic rings. The molecule has 162 valence electrons. The minimum Gasteiger partial charge on any atom is -0.476 e. The van der Waals surface area contributed by atoms with Crippen molar-refractivity contribution in [2.75, 3.05) is 31.1 Å². The molecule has 0 unspecified atom stereocenters.